The van der Waals surface area contributed by atoms with E-state index in [2.05, 4.69) is 10.6 Å². The summed E-state index contributed by atoms with van der Waals surface area (Å²) in [5.74, 6) is -0.207. The lowest BCUT2D eigenvalue weighted by Crippen LogP contribution is -2.32. The molecule has 1 unspecified atom stereocenters. The number of carbonyl (C=O) groups excluding carboxylic acids is 1. The topological polar surface area (TPSA) is 67.2 Å². The Morgan fingerprint density at radius 2 is 2.50 bits per heavy atom. The number of primary amides is 1. The van der Waals surface area contributed by atoms with Crippen LogP contribution in [0.15, 0.2) is 0 Å². The molecule has 1 aliphatic rings. The average Bonchev–Trinajstić information content (AvgIpc) is 2.49. The fraction of sp³-hybridized carbons (Fsp3) is 0.875. The first-order valence-corrected chi connectivity index (χ1v) is 4.51. The molecule has 1 atom stereocenters. The van der Waals surface area contributed by atoms with Gasteiger partial charge in [0.1, 0.15) is 0 Å². The van der Waals surface area contributed by atoms with E-state index in [-0.39, 0.29) is 5.91 Å². The second-order valence-corrected chi connectivity index (χ2v) is 3.21. The third-order valence-electron chi connectivity index (χ3n) is 2.09. The maximum atomic E-state index is 10.4. The Hall–Kier alpha value is -0.610. The van der Waals surface area contributed by atoms with Gasteiger partial charge < -0.3 is 16.4 Å². The fourth-order valence-electron chi connectivity index (χ4n) is 1.40. The van der Waals surface area contributed by atoms with Gasteiger partial charge in [0, 0.05) is 19.0 Å². The van der Waals surface area contributed by atoms with Crippen LogP contribution in [0.4, 0.5) is 0 Å². The molecule has 1 aliphatic heterocycles. The molecule has 12 heavy (non-hydrogen) atoms. The Morgan fingerprint density at radius 3 is 3.08 bits per heavy atom. The van der Waals surface area contributed by atoms with E-state index < -0.39 is 0 Å². The summed E-state index contributed by atoms with van der Waals surface area (Å²) in [5, 5.41) is 6.63. The molecule has 0 saturated carbocycles. The largest absolute Gasteiger partial charge is 0.370 e. The first-order chi connectivity index (χ1) is 5.79. The zero-order chi connectivity index (χ0) is 8.81. The summed E-state index contributed by atoms with van der Waals surface area (Å²) in [7, 11) is 0. The van der Waals surface area contributed by atoms with Gasteiger partial charge in [-0.1, -0.05) is 0 Å². The van der Waals surface area contributed by atoms with Crippen LogP contribution >= 0.6 is 0 Å². The Morgan fingerprint density at radius 1 is 1.67 bits per heavy atom. The molecule has 1 heterocycles. The summed E-state index contributed by atoms with van der Waals surface area (Å²) in [6.07, 6.45) is 2.54. The summed E-state index contributed by atoms with van der Waals surface area (Å²) in [6, 6.07) is 0.595. The van der Waals surface area contributed by atoms with Gasteiger partial charge in [-0.15, -0.1) is 0 Å². The van der Waals surface area contributed by atoms with Crippen molar-refractivity contribution in [2.75, 3.05) is 19.6 Å². The number of amides is 1. The molecule has 70 valence electrons. The quantitative estimate of drug-likeness (QED) is 0.475. The van der Waals surface area contributed by atoms with Crippen LogP contribution in [-0.2, 0) is 4.79 Å². The Kier molecular flexibility index (Phi) is 4.04. The molecule has 1 rings (SSSR count). The highest BCUT2D eigenvalue weighted by atomic mass is 16.1. The minimum absolute atomic E-state index is 0.207. The van der Waals surface area contributed by atoms with Crippen molar-refractivity contribution >= 4 is 5.91 Å². The highest BCUT2D eigenvalue weighted by Gasteiger charge is 2.12. The number of hydrogen-bond acceptors (Lipinski definition) is 3. The Bertz CT molecular complexity index is 143. The minimum Gasteiger partial charge on any atom is -0.370 e. The molecule has 0 bridgehead atoms. The predicted octanol–water partition coefficient (Wildman–Crippen LogP) is -0.797. The van der Waals surface area contributed by atoms with E-state index in [1.54, 1.807) is 0 Å². The summed E-state index contributed by atoms with van der Waals surface area (Å²) < 4.78 is 0. The molecule has 0 aliphatic carbocycles. The molecular formula is C8H17N3O. The monoisotopic (exact) mass is 171 g/mol. The molecule has 0 aromatic carbocycles. The normalized spacial score (nSPS) is 22.8. The number of nitrogens with two attached hydrogens (primary N) is 1. The van der Waals surface area contributed by atoms with E-state index in [0.717, 1.165) is 26.1 Å². The van der Waals surface area contributed by atoms with Crippen molar-refractivity contribution in [2.24, 2.45) is 5.73 Å². The molecule has 4 heteroatoms. The van der Waals surface area contributed by atoms with Crippen molar-refractivity contribution in [3.05, 3.63) is 0 Å². The summed E-state index contributed by atoms with van der Waals surface area (Å²) in [5.41, 5.74) is 5.01. The molecule has 0 radical (unpaired) electrons. The number of hydrogen-bond donors (Lipinski definition) is 3. The smallest absolute Gasteiger partial charge is 0.217 e. The van der Waals surface area contributed by atoms with Crippen molar-refractivity contribution in [1.29, 1.82) is 0 Å². The van der Waals surface area contributed by atoms with Crippen molar-refractivity contribution in [2.45, 2.75) is 25.3 Å². The standard InChI is InChI=1S/C8H17N3O/c9-8(12)2-1-4-11-7-3-5-10-6-7/h7,10-11H,1-6H2,(H2,9,12). The van der Waals surface area contributed by atoms with Gasteiger partial charge in [-0.3, -0.25) is 4.79 Å². The summed E-state index contributed by atoms with van der Waals surface area (Å²) >= 11 is 0. The van der Waals surface area contributed by atoms with Gasteiger partial charge in [-0.25, -0.2) is 0 Å². The van der Waals surface area contributed by atoms with Crippen molar-refractivity contribution in [3.8, 4) is 0 Å². The van der Waals surface area contributed by atoms with Crippen molar-refractivity contribution in [3.63, 3.8) is 0 Å². The predicted molar refractivity (Wildman–Crippen MR) is 47.7 cm³/mol. The summed E-state index contributed by atoms with van der Waals surface area (Å²) in [4.78, 5) is 10.4. The second-order valence-electron chi connectivity index (χ2n) is 3.21. The van der Waals surface area contributed by atoms with Gasteiger partial charge in [-0.05, 0) is 25.9 Å². The minimum atomic E-state index is -0.207. The fourth-order valence-corrected chi connectivity index (χ4v) is 1.40. The van der Waals surface area contributed by atoms with Crippen molar-refractivity contribution < 1.29 is 4.79 Å². The maximum absolute atomic E-state index is 10.4. The van der Waals surface area contributed by atoms with Crippen LogP contribution in [-0.4, -0.2) is 31.6 Å². The highest BCUT2D eigenvalue weighted by molar-refractivity contribution is 5.73. The molecule has 1 amide bonds. The van der Waals surface area contributed by atoms with E-state index >= 15 is 0 Å². The van der Waals surface area contributed by atoms with Gasteiger partial charge in [0.25, 0.3) is 0 Å². The van der Waals surface area contributed by atoms with Gasteiger partial charge in [0.15, 0.2) is 0 Å². The van der Waals surface area contributed by atoms with Gasteiger partial charge in [0.2, 0.25) is 5.91 Å². The molecule has 0 aromatic rings. The third-order valence-corrected chi connectivity index (χ3v) is 2.09. The lowest BCUT2D eigenvalue weighted by molar-refractivity contribution is -0.118. The number of nitrogens with one attached hydrogen (secondary N) is 2. The lowest BCUT2D eigenvalue weighted by Gasteiger charge is -2.09. The lowest BCUT2D eigenvalue weighted by atomic mass is 10.2. The second kappa shape index (κ2) is 5.11. The van der Waals surface area contributed by atoms with Crippen LogP contribution in [0.3, 0.4) is 0 Å². The van der Waals surface area contributed by atoms with E-state index in [9.17, 15) is 4.79 Å². The number of rotatable bonds is 5. The van der Waals surface area contributed by atoms with E-state index in [4.69, 9.17) is 5.73 Å². The van der Waals surface area contributed by atoms with Gasteiger partial charge in [-0.2, -0.15) is 0 Å². The Labute approximate surface area is 72.9 Å². The molecule has 0 spiro atoms. The van der Waals surface area contributed by atoms with Crippen LogP contribution in [0.25, 0.3) is 0 Å². The van der Waals surface area contributed by atoms with Gasteiger partial charge in [0.05, 0.1) is 0 Å². The van der Waals surface area contributed by atoms with Crippen LogP contribution in [0, 0.1) is 0 Å². The molecule has 4 nitrogen and oxygen atoms in total. The first kappa shape index (κ1) is 9.48. The zero-order valence-electron chi connectivity index (χ0n) is 7.31. The van der Waals surface area contributed by atoms with E-state index in [1.165, 1.54) is 6.42 Å². The highest BCUT2D eigenvalue weighted by Crippen LogP contribution is 1.97. The van der Waals surface area contributed by atoms with Crippen LogP contribution in [0.5, 0.6) is 0 Å². The first-order valence-electron chi connectivity index (χ1n) is 4.51. The molecule has 1 saturated heterocycles. The summed E-state index contributed by atoms with van der Waals surface area (Å²) in [6.45, 7) is 3.05. The molecule has 0 aromatic heterocycles. The Balaban J connectivity index is 1.91. The third kappa shape index (κ3) is 3.69. The van der Waals surface area contributed by atoms with Gasteiger partial charge >= 0.3 is 0 Å². The average molecular weight is 171 g/mol. The maximum Gasteiger partial charge on any atom is 0.217 e. The van der Waals surface area contributed by atoms with E-state index in [1.807, 2.05) is 0 Å². The van der Waals surface area contributed by atoms with Crippen LogP contribution in [0.1, 0.15) is 19.3 Å². The molecule has 1 fully saturated rings. The number of carbonyl (C=O) groups is 1. The molecular weight excluding hydrogens is 154 g/mol. The van der Waals surface area contributed by atoms with Crippen molar-refractivity contribution in [1.82, 2.24) is 10.6 Å². The SMILES string of the molecule is NC(=O)CCCNC1CCNC1. The van der Waals surface area contributed by atoms with Crippen LogP contribution in [0.2, 0.25) is 0 Å². The van der Waals surface area contributed by atoms with E-state index in [0.29, 0.717) is 12.5 Å². The zero-order valence-corrected chi connectivity index (χ0v) is 7.31. The molecule has 4 N–H and O–H groups in total. The van der Waals surface area contributed by atoms with Crippen LogP contribution < -0.4 is 16.4 Å².